The summed E-state index contributed by atoms with van der Waals surface area (Å²) >= 11 is 5.93. The van der Waals surface area contributed by atoms with Crippen molar-refractivity contribution in [2.75, 3.05) is 18.8 Å². The maximum absolute atomic E-state index is 11.9. The Kier molecular flexibility index (Phi) is 4.27. The van der Waals surface area contributed by atoms with Crippen molar-refractivity contribution in [3.05, 3.63) is 28.8 Å². The van der Waals surface area contributed by atoms with Crippen molar-refractivity contribution in [3.8, 4) is 0 Å². The first-order valence-corrected chi connectivity index (χ1v) is 6.57. The first-order valence-electron chi connectivity index (χ1n) is 6.19. The van der Waals surface area contributed by atoms with Crippen molar-refractivity contribution in [3.63, 3.8) is 0 Å². The van der Waals surface area contributed by atoms with Gasteiger partial charge in [-0.15, -0.1) is 0 Å². The number of nitrogens with two attached hydrogens (primary N) is 1. The number of carbonyl (C=O) groups is 2. The number of carbonyl (C=O) groups excluding carboxylic acids is 2. The molecule has 0 unspecified atom stereocenters. The zero-order valence-electron chi connectivity index (χ0n) is 10.4. The third kappa shape index (κ3) is 3.61. The molecule has 6 heteroatoms. The molecule has 0 radical (unpaired) electrons. The van der Waals surface area contributed by atoms with Crippen LogP contribution in [0.5, 0.6) is 0 Å². The molecular formula is C13H16ClN3O2. The summed E-state index contributed by atoms with van der Waals surface area (Å²) in [6.07, 6.45) is 1.93. The molecule has 0 atom stereocenters. The second-order valence-electron chi connectivity index (χ2n) is 4.53. The minimum atomic E-state index is -0.330. The molecule has 0 saturated heterocycles. The predicted octanol–water partition coefficient (Wildman–Crippen LogP) is 1.18. The maximum atomic E-state index is 11.9. The van der Waals surface area contributed by atoms with Crippen molar-refractivity contribution in [1.82, 2.24) is 10.6 Å². The second-order valence-corrected chi connectivity index (χ2v) is 4.93. The number of hydrogen-bond acceptors (Lipinski definition) is 3. The number of rotatable bonds is 5. The van der Waals surface area contributed by atoms with Crippen LogP contribution >= 0.6 is 11.6 Å². The van der Waals surface area contributed by atoms with Crippen LogP contribution in [0.15, 0.2) is 18.2 Å². The van der Waals surface area contributed by atoms with Gasteiger partial charge in [-0.3, -0.25) is 9.59 Å². The van der Waals surface area contributed by atoms with E-state index in [1.807, 2.05) is 0 Å². The lowest BCUT2D eigenvalue weighted by molar-refractivity contribution is -0.122. The van der Waals surface area contributed by atoms with Gasteiger partial charge < -0.3 is 16.4 Å². The fourth-order valence-corrected chi connectivity index (χ4v) is 1.99. The highest BCUT2D eigenvalue weighted by Crippen LogP contribution is 2.28. The molecule has 102 valence electrons. The summed E-state index contributed by atoms with van der Waals surface area (Å²) in [5.41, 5.74) is 6.32. The molecule has 1 aromatic carbocycles. The molecular weight excluding hydrogens is 266 g/mol. The molecule has 1 saturated carbocycles. The van der Waals surface area contributed by atoms with Gasteiger partial charge >= 0.3 is 0 Å². The van der Waals surface area contributed by atoms with Gasteiger partial charge in [-0.05, 0) is 25.0 Å². The summed E-state index contributed by atoms with van der Waals surface area (Å²) in [4.78, 5) is 23.3. The van der Waals surface area contributed by atoms with Crippen molar-refractivity contribution in [2.45, 2.75) is 12.8 Å². The van der Waals surface area contributed by atoms with Crippen LogP contribution < -0.4 is 16.4 Å². The van der Waals surface area contributed by atoms with E-state index in [9.17, 15) is 9.59 Å². The molecule has 0 bridgehead atoms. The van der Waals surface area contributed by atoms with Crippen LogP contribution in [0.1, 0.15) is 23.2 Å². The lowest BCUT2D eigenvalue weighted by Crippen LogP contribution is -2.35. The summed E-state index contributed by atoms with van der Waals surface area (Å²) in [6.45, 7) is 0.757. The summed E-state index contributed by atoms with van der Waals surface area (Å²) in [5.74, 6) is -0.0924. The first kappa shape index (κ1) is 13.7. The summed E-state index contributed by atoms with van der Waals surface area (Å²) in [5, 5.41) is 5.76. The predicted molar refractivity (Wildman–Crippen MR) is 73.9 cm³/mol. The van der Waals surface area contributed by atoms with E-state index in [0.29, 0.717) is 23.8 Å². The van der Waals surface area contributed by atoms with Crippen LogP contribution in [0.25, 0.3) is 0 Å². The highest BCUT2D eigenvalue weighted by molar-refractivity contribution is 6.34. The highest BCUT2D eigenvalue weighted by Gasteiger charge is 2.29. The number of hydrogen-bond donors (Lipinski definition) is 3. The first-order chi connectivity index (χ1) is 9.09. The van der Waals surface area contributed by atoms with E-state index in [1.54, 1.807) is 18.2 Å². The Bertz CT molecular complexity index is 480. The molecule has 0 heterocycles. The van der Waals surface area contributed by atoms with Crippen LogP contribution in [0.4, 0.5) is 5.69 Å². The Balaban J connectivity index is 1.79. The van der Waals surface area contributed by atoms with Crippen molar-refractivity contribution in [1.29, 1.82) is 0 Å². The third-order valence-corrected chi connectivity index (χ3v) is 3.25. The number of nitrogen functional groups attached to an aromatic ring is 1. The Hall–Kier alpha value is -1.75. The molecule has 1 aliphatic carbocycles. The molecule has 1 aliphatic rings. The molecule has 5 nitrogen and oxygen atoms in total. The van der Waals surface area contributed by atoms with Gasteiger partial charge in [-0.2, -0.15) is 0 Å². The number of benzene rings is 1. The Morgan fingerprint density at radius 3 is 2.58 bits per heavy atom. The Labute approximate surface area is 116 Å². The normalized spacial score (nSPS) is 13.9. The van der Waals surface area contributed by atoms with Crippen molar-refractivity contribution < 1.29 is 9.59 Å². The van der Waals surface area contributed by atoms with E-state index < -0.39 is 0 Å². The number of halogens is 1. The lowest BCUT2D eigenvalue weighted by Gasteiger charge is -2.09. The van der Waals surface area contributed by atoms with E-state index >= 15 is 0 Å². The zero-order chi connectivity index (χ0) is 13.8. The SMILES string of the molecule is Nc1cccc(Cl)c1C(=O)NCCNC(=O)C1CC1. The van der Waals surface area contributed by atoms with Gasteiger partial charge in [-0.1, -0.05) is 17.7 Å². The van der Waals surface area contributed by atoms with Crippen molar-refractivity contribution in [2.24, 2.45) is 5.92 Å². The smallest absolute Gasteiger partial charge is 0.254 e. The molecule has 0 aliphatic heterocycles. The van der Waals surface area contributed by atoms with Crippen LogP contribution in [-0.2, 0) is 4.79 Å². The number of nitrogens with one attached hydrogen (secondary N) is 2. The van der Waals surface area contributed by atoms with Crippen LogP contribution in [0.3, 0.4) is 0 Å². The standard InChI is InChI=1S/C13H16ClN3O2/c14-9-2-1-3-10(15)11(9)13(19)17-7-6-16-12(18)8-4-5-8/h1-3,8H,4-7,15H2,(H,16,18)(H,17,19). The minimum absolute atomic E-state index is 0.0616. The number of anilines is 1. The average Bonchev–Trinajstić information content (AvgIpc) is 3.18. The fraction of sp³-hybridized carbons (Fsp3) is 0.385. The maximum Gasteiger partial charge on any atom is 0.254 e. The van der Waals surface area contributed by atoms with Gasteiger partial charge in [0.15, 0.2) is 0 Å². The lowest BCUT2D eigenvalue weighted by atomic mass is 10.1. The summed E-state index contributed by atoms with van der Waals surface area (Å²) in [6, 6.07) is 4.92. The van der Waals surface area contributed by atoms with Gasteiger partial charge in [0.2, 0.25) is 5.91 Å². The van der Waals surface area contributed by atoms with E-state index in [1.165, 1.54) is 0 Å². The van der Waals surface area contributed by atoms with Gasteiger partial charge in [0.1, 0.15) is 0 Å². The molecule has 0 aromatic heterocycles. The number of amides is 2. The van der Waals surface area contributed by atoms with Gasteiger partial charge in [-0.25, -0.2) is 0 Å². The highest BCUT2D eigenvalue weighted by atomic mass is 35.5. The van der Waals surface area contributed by atoms with E-state index in [4.69, 9.17) is 17.3 Å². The fourth-order valence-electron chi connectivity index (χ4n) is 1.72. The van der Waals surface area contributed by atoms with E-state index in [2.05, 4.69) is 10.6 Å². The molecule has 19 heavy (non-hydrogen) atoms. The van der Waals surface area contributed by atoms with Gasteiger partial charge in [0, 0.05) is 24.7 Å². The molecule has 0 spiro atoms. The molecule has 4 N–H and O–H groups in total. The molecule has 1 aromatic rings. The van der Waals surface area contributed by atoms with Crippen LogP contribution in [-0.4, -0.2) is 24.9 Å². The summed E-state index contributed by atoms with van der Waals surface area (Å²) in [7, 11) is 0. The van der Waals surface area contributed by atoms with Crippen LogP contribution in [0, 0.1) is 5.92 Å². The Morgan fingerprint density at radius 2 is 1.95 bits per heavy atom. The zero-order valence-corrected chi connectivity index (χ0v) is 11.2. The van der Waals surface area contributed by atoms with E-state index in [0.717, 1.165) is 12.8 Å². The summed E-state index contributed by atoms with van der Waals surface area (Å²) < 4.78 is 0. The topological polar surface area (TPSA) is 84.2 Å². The van der Waals surface area contributed by atoms with E-state index in [-0.39, 0.29) is 23.3 Å². The largest absolute Gasteiger partial charge is 0.398 e. The molecule has 1 fully saturated rings. The van der Waals surface area contributed by atoms with Crippen LogP contribution in [0.2, 0.25) is 5.02 Å². The third-order valence-electron chi connectivity index (χ3n) is 2.93. The quantitative estimate of drug-likeness (QED) is 0.560. The Morgan fingerprint density at radius 1 is 1.26 bits per heavy atom. The van der Waals surface area contributed by atoms with Gasteiger partial charge in [0.05, 0.1) is 10.6 Å². The van der Waals surface area contributed by atoms with Crippen molar-refractivity contribution >= 4 is 29.1 Å². The second kappa shape index (κ2) is 5.93. The molecule has 2 amide bonds. The molecule has 2 rings (SSSR count). The average molecular weight is 282 g/mol. The minimum Gasteiger partial charge on any atom is -0.398 e. The van der Waals surface area contributed by atoms with Gasteiger partial charge in [0.25, 0.3) is 5.91 Å². The monoisotopic (exact) mass is 281 g/mol.